The van der Waals surface area contributed by atoms with Gasteiger partial charge in [-0.05, 0) is 45.4 Å². The summed E-state index contributed by atoms with van der Waals surface area (Å²) in [5.74, 6) is -3.00. The molecule has 250 valence electrons. The molecular weight excluding hydrogens is 634 g/mol. The van der Waals surface area contributed by atoms with Gasteiger partial charge in [-0.25, -0.2) is 28.5 Å². The van der Waals surface area contributed by atoms with Crippen molar-refractivity contribution in [1.29, 1.82) is 0 Å². The molecule has 0 aliphatic carbocycles. The van der Waals surface area contributed by atoms with Crippen molar-refractivity contribution in [3.05, 3.63) is 65.2 Å². The molecule has 0 unspecified atom stereocenters. The van der Waals surface area contributed by atoms with E-state index < -0.39 is 44.5 Å². The van der Waals surface area contributed by atoms with E-state index in [0.29, 0.717) is 59.9 Å². The van der Waals surface area contributed by atoms with Crippen molar-refractivity contribution in [3.63, 3.8) is 0 Å². The molecular formula is C31H36F2N8O5S. The maximum Gasteiger partial charge on any atom is 0.410 e. The first-order chi connectivity index (χ1) is 22.1. The number of hydrogen-bond donors (Lipinski definition) is 2. The third-order valence-electron chi connectivity index (χ3n) is 7.78. The van der Waals surface area contributed by atoms with Crippen LogP contribution < -0.4 is 9.62 Å². The number of aromatic nitrogens is 4. The van der Waals surface area contributed by atoms with Crippen molar-refractivity contribution < 1.29 is 31.5 Å². The molecule has 0 atom stereocenters. The first-order valence-corrected chi connectivity index (χ1v) is 16.3. The van der Waals surface area contributed by atoms with Gasteiger partial charge in [0.25, 0.3) is 0 Å². The van der Waals surface area contributed by atoms with Gasteiger partial charge in [0.2, 0.25) is 11.7 Å². The van der Waals surface area contributed by atoms with Crippen LogP contribution in [-0.4, -0.2) is 94.8 Å². The number of pyridine rings is 1. The number of benzene rings is 1. The quantitative estimate of drug-likeness (QED) is 0.258. The molecule has 1 fully saturated rings. The number of carbonyl (C=O) groups is 2. The highest BCUT2D eigenvalue weighted by Gasteiger charge is 2.29. The number of ketones is 1. The first kappa shape index (κ1) is 33.7. The summed E-state index contributed by atoms with van der Waals surface area (Å²) in [6.45, 7) is 10.8. The third-order valence-corrected chi connectivity index (χ3v) is 9.34. The Hall–Kier alpha value is -4.70. The molecule has 0 spiro atoms. The van der Waals surface area contributed by atoms with Crippen LogP contribution >= 0.6 is 0 Å². The van der Waals surface area contributed by atoms with E-state index in [0.717, 1.165) is 16.4 Å². The minimum atomic E-state index is -4.14. The molecule has 0 bridgehead atoms. The Kier molecular flexibility index (Phi) is 9.19. The number of piperazine rings is 1. The average molecular weight is 671 g/mol. The van der Waals surface area contributed by atoms with Gasteiger partial charge in [-0.15, -0.1) is 0 Å². The second-order valence-corrected chi connectivity index (χ2v) is 13.9. The fraction of sp³-hybridized carbons (Fsp3) is 0.387. The lowest BCUT2D eigenvalue weighted by molar-refractivity contribution is 0.0240. The van der Waals surface area contributed by atoms with Crippen molar-refractivity contribution in [2.24, 2.45) is 0 Å². The van der Waals surface area contributed by atoms with E-state index in [4.69, 9.17) is 4.74 Å². The second-order valence-electron chi connectivity index (χ2n) is 12.1. The minimum absolute atomic E-state index is 0.0456. The van der Waals surface area contributed by atoms with Crippen LogP contribution in [0, 0.1) is 18.6 Å². The van der Waals surface area contributed by atoms with Crippen LogP contribution in [0.3, 0.4) is 0 Å². The predicted molar refractivity (Wildman–Crippen MR) is 173 cm³/mol. The number of hydrogen-bond acceptors (Lipinski definition) is 9. The summed E-state index contributed by atoms with van der Waals surface area (Å²) in [6.07, 6.45) is 5.77. The number of aryl methyl sites for hydroxylation is 1. The van der Waals surface area contributed by atoms with E-state index in [1.807, 2.05) is 25.7 Å². The van der Waals surface area contributed by atoms with Gasteiger partial charge in [-0.1, -0.05) is 6.92 Å². The molecule has 16 heteroatoms. The Morgan fingerprint density at radius 1 is 1.06 bits per heavy atom. The Balaban J connectivity index is 1.39. The molecule has 5 rings (SSSR count). The molecule has 1 aliphatic rings. The molecule has 4 heterocycles. The van der Waals surface area contributed by atoms with Crippen molar-refractivity contribution >= 4 is 44.8 Å². The summed E-state index contributed by atoms with van der Waals surface area (Å²) in [5.41, 5.74) is 0.00288. The largest absolute Gasteiger partial charge is 0.444 e. The number of nitrogens with one attached hydrogen (secondary N) is 2. The van der Waals surface area contributed by atoms with Gasteiger partial charge in [-0.2, -0.15) is 12.7 Å². The van der Waals surface area contributed by atoms with Crippen LogP contribution in [0.4, 0.5) is 25.2 Å². The molecule has 0 radical (unpaired) electrons. The third kappa shape index (κ3) is 6.88. The number of nitrogens with zero attached hydrogens (tertiary/aromatic N) is 6. The monoisotopic (exact) mass is 670 g/mol. The second kappa shape index (κ2) is 12.8. The molecule has 1 aromatic carbocycles. The Bertz CT molecular complexity index is 1940. The van der Waals surface area contributed by atoms with E-state index in [2.05, 4.69) is 24.7 Å². The molecule has 3 aromatic heterocycles. The van der Waals surface area contributed by atoms with Crippen molar-refractivity contribution in [2.45, 2.75) is 40.2 Å². The number of fused-ring (bicyclic) bond motifs is 1. The summed E-state index contributed by atoms with van der Waals surface area (Å²) in [7, 11) is -2.84. The Morgan fingerprint density at radius 3 is 2.34 bits per heavy atom. The van der Waals surface area contributed by atoms with Gasteiger partial charge in [0.15, 0.2) is 5.82 Å². The van der Waals surface area contributed by atoms with Crippen molar-refractivity contribution in [2.75, 3.05) is 49.4 Å². The topological polar surface area (TPSA) is 154 Å². The predicted octanol–water partition coefficient (Wildman–Crippen LogP) is 4.50. The van der Waals surface area contributed by atoms with E-state index >= 15 is 4.39 Å². The lowest BCUT2D eigenvalue weighted by Crippen LogP contribution is -2.50. The van der Waals surface area contributed by atoms with Crippen LogP contribution in [0.25, 0.3) is 22.2 Å². The van der Waals surface area contributed by atoms with Crippen LogP contribution in [-0.2, 0) is 14.9 Å². The zero-order chi connectivity index (χ0) is 34.3. The van der Waals surface area contributed by atoms with Gasteiger partial charge in [0, 0.05) is 81.1 Å². The number of rotatable bonds is 8. The summed E-state index contributed by atoms with van der Waals surface area (Å²) in [6, 6.07) is 1.76. The van der Waals surface area contributed by atoms with Crippen LogP contribution in [0.1, 0.15) is 49.2 Å². The van der Waals surface area contributed by atoms with Gasteiger partial charge in [0.05, 0.1) is 16.8 Å². The maximum atomic E-state index is 15.6. The number of anilines is 2. The van der Waals surface area contributed by atoms with E-state index in [1.165, 1.54) is 13.2 Å². The number of ether oxygens (including phenoxy) is 1. The molecule has 13 nitrogen and oxygen atoms in total. The molecule has 1 saturated heterocycles. The zero-order valence-electron chi connectivity index (χ0n) is 26.9. The lowest BCUT2D eigenvalue weighted by atomic mass is 9.96. The first-order valence-electron chi connectivity index (χ1n) is 14.9. The average Bonchev–Trinajstić information content (AvgIpc) is 3.47. The van der Waals surface area contributed by atoms with Gasteiger partial charge < -0.3 is 19.5 Å². The standard InChI is InChI=1S/C31H36F2N8O5S/c1-7-39(6)47(44,45)38-23-9-8-22(32)25(26(23)33)27(42)21-17-35-28-24(21)18(2)20(16-34-28)19-14-36-29(37-15-19)40-10-12-41(13-11-40)30(43)46-31(3,4)5/h8-9,14-17,38H,7,10-13H2,1-6H3,(H,34,35). The number of halogens is 2. The fourth-order valence-corrected chi connectivity index (χ4v) is 6.06. The van der Waals surface area contributed by atoms with Gasteiger partial charge >= 0.3 is 16.3 Å². The molecule has 4 aromatic rings. The highest BCUT2D eigenvalue weighted by Crippen LogP contribution is 2.33. The molecule has 1 amide bonds. The smallest absolute Gasteiger partial charge is 0.410 e. The Labute approximate surface area is 271 Å². The van der Waals surface area contributed by atoms with Crippen LogP contribution in [0.2, 0.25) is 0 Å². The number of amides is 1. The van der Waals surface area contributed by atoms with Crippen LogP contribution in [0.15, 0.2) is 36.9 Å². The summed E-state index contributed by atoms with van der Waals surface area (Å²) in [5, 5.41) is 0.338. The number of aromatic amines is 1. The Morgan fingerprint density at radius 2 is 1.72 bits per heavy atom. The van der Waals surface area contributed by atoms with Gasteiger partial charge in [-0.3, -0.25) is 9.52 Å². The maximum absolute atomic E-state index is 15.6. The zero-order valence-corrected chi connectivity index (χ0v) is 27.7. The van der Waals surface area contributed by atoms with Crippen LogP contribution in [0.5, 0.6) is 0 Å². The highest BCUT2D eigenvalue weighted by atomic mass is 32.2. The number of carbonyl (C=O) groups excluding carboxylic acids is 2. The molecule has 0 saturated carbocycles. The number of H-pyrrole nitrogens is 1. The van der Waals surface area contributed by atoms with Crippen molar-refractivity contribution in [3.8, 4) is 11.1 Å². The molecule has 1 aliphatic heterocycles. The van der Waals surface area contributed by atoms with E-state index in [9.17, 15) is 22.4 Å². The summed E-state index contributed by atoms with van der Waals surface area (Å²) in [4.78, 5) is 46.0. The minimum Gasteiger partial charge on any atom is -0.444 e. The van der Waals surface area contributed by atoms with E-state index in [-0.39, 0.29) is 18.2 Å². The normalized spacial score (nSPS) is 14.1. The lowest BCUT2D eigenvalue weighted by Gasteiger charge is -2.35. The fourth-order valence-electron chi connectivity index (χ4n) is 5.12. The van der Waals surface area contributed by atoms with Crippen molar-refractivity contribution in [1.82, 2.24) is 29.1 Å². The summed E-state index contributed by atoms with van der Waals surface area (Å²) < 4.78 is 64.0. The SMILES string of the molecule is CCN(C)S(=O)(=O)Nc1ccc(F)c(C(=O)c2c[nH]c3ncc(-c4cnc(N5CCN(C(=O)OC(C)(C)C)CC5)nc4)c(C)c23)c1F. The van der Waals surface area contributed by atoms with Gasteiger partial charge in [0.1, 0.15) is 17.1 Å². The highest BCUT2D eigenvalue weighted by molar-refractivity contribution is 7.90. The summed E-state index contributed by atoms with van der Waals surface area (Å²) >= 11 is 0. The molecule has 47 heavy (non-hydrogen) atoms. The molecule has 2 N–H and O–H groups in total. The van der Waals surface area contributed by atoms with E-state index in [1.54, 1.807) is 37.3 Å².